The van der Waals surface area contributed by atoms with Crippen LogP contribution < -0.4 is 0 Å². The zero-order chi connectivity index (χ0) is 15.8. The number of amides is 1. The third-order valence-electron chi connectivity index (χ3n) is 4.12. The minimum absolute atomic E-state index is 0.0505. The molecular formula is C14H20ClNO3S2. The van der Waals surface area contributed by atoms with Gasteiger partial charge in [0.1, 0.15) is 0 Å². The average Bonchev–Trinajstić information content (AvgIpc) is 2.80. The summed E-state index contributed by atoms with van der Waals surface area (Å²) in [5.41, 5.74) is 0. The summed E-state index contributed by atoms with van der Waals surface area (Å²) in [6.07, 6.45) is 2.02. The summed E-state index contributed by atoms with van der Waals surface area (Å²) in [7, 11) is 1.59. The summed E-state index contributed by atoms with van der Waals surface area (Å²) in [6.45, 7) is 7.57. The fourth-order valence-electron chi connectivity index (χ4n) is 2.74. The highest BCUT2D eigenvalue weighted by Gasteiger charge is 2.27. The molecular weight excluding hydrogens is 330 g/mol. The second-order valence-corrected chi connectivity index (χ2v) is 9.63. The van der Waals surface area contributed by atoms with Crippen molar-refractivity contribution in [3.63, 3.8) is 0 Å². The van der Waals surface area contributed by atoms with Crippen LogP contribution >= 0.6 is 22.0 Å². The summed E-state index contributed by atoms with van der Waals surface area (Å²) in [4.78, 5) is 15.3. The number of nitrogens with zero attached hydrogens (tertiary/aromatic N) is 1. The Balaban J connectivity index is 2.12. The molecule has 0 aliphatic carbocycles. The molecule has 1 aliphatic heterocycles. The molecule has 0 saturated carbocycles. The maximum Gasteiger partial charge on any atom is 0.263 e. The molecule has 0 radical (unpaired) electrons. The Morgan fingerprint density at radius 3 is 2.38 bits per heavy atom. The Bertz CT molecular complexity index is 629. The highest BCUT2D eigenvalue weighted by atomic mass is 35.7. The number of likely N-dealkylation sites (tertiary alicyclic amines) is 1. The maximum absolute atomic E-state index is 12.5. The van der Waals surface area contributed by atoms with Gasteiger partial charge in [0.05, 0.1) is 9.77 Å². The molecule has 0 aromatic carbocycles. The molecule has 0 bridgehead atoms. The normalized spacial score (nSPS) is 17.5. The molecule has 118 valence electrons. The van der Waals surface area contributed by atoms with Crippen LogP contribution in [0.25, 0.3) is 0 Å². The lowest BCUT2D eigenvalue weighted by Crippen LogP contribution is -2.39. The van der Waals surface area contributed by atoms with Crippen LogP contribution in [0.2, 0.25) is 0 Å². The van der Waals surface area contributed by atoms with Gasteiger partial charge in [-0.3, -0.25) is 4.79 Å². The van der Waals surface area contributed by atoms with Gasteiger partial charge < -0.3 is 4.90 Å². The molecule has 2 heterocycles. The molecule has 7 heteroatoms. The second kappa shape index (κ2) is 6.26. The minimum Gasteiger partial charge on any atom is -0.338 e. The molecule has 0 unspecified atom stereocenters. The number of rotatable bonds is 3. The van der Waals surface area contributed by atoms with E-state index >= 15 is 0 Å². The van der Waals surface area contributed by atoms with Crippen LogP contribution in [0.15, 0.2) is 11.0 Å². The number of halogens is 1. The zero-order valence-corrected chi connectivity index (χ0v) is 14.8. The van der Waals surface area contributed by atoms with E-state index in [2.05, 4.69) is 13.8 Å². The lowest BCUT2D eigenvalue weighted by Gasteiger charge is -2.33. The highest BCUT2D eigenvalue weighted by Crippen LogP contribution is 2.31. The van der Waals surface area contributed by atoms with E-state index in [-0.39, 0.29) is 10.8 Å². The predicted molar refractivity (Wildman–Crippen MR) is 85.6 cm³/mol. The van der Waals surface area contributed by atoms with Crippen LogP contribution in [0.1, 0.15) is 41.2 Å². The molecule has 1 saturated heterocycles. The van der Waals surface area contributed by atoms with Gasteiger partial charge in [-0.05, 0) is 37.7 Å². The van der Waals surface area contributed by atoms with E-state index in [0.717, 1.165) is 25.9 Å². The van der Waals surface area contributed by atoms with Crippen molar-refractivity contribution in [3.8, 4) is 0 Å². The molecule has 0 atom stereocenters. The third-order valence-corrected chi connectivity index (χ3v) is 6.73. The fraction of sp³-hybridized carbons (Fsp3) is 0.643. The summed E-state index contributed by atoms with van der Waals surface area (Å²) in [5, 5.41) is 0. The first-order chi connectivity index (χ1) is 9.70. The third kappa shape index (κ3) is 3.79. The number of thiophene rings is 1. The summed E-state index contributed by atoms with van der Waals surface area (Å²) < 4.78 is 22.9. The molecule has 1 aromatic heterocycles. The zero-order valence-electron chi connectivity index (χ0n) is 12.4. The standard InChI is InChI=1S/C14H20ClNO3S2/c1-9(2)11-4-6-16(7-5-11)14(17)12-8-13(10(3)20-12)21(15,18)19/h8-9,11H,4-7H2,1-3H3. The van der Waals surface area contributed by atoms with Gasteiger partial charge in [0.15, 0.2) is 0 Å². The van der Waals surface area contributed by atoms with Crippen LogP contribution in [-0.2, 0) is 9.05 Å². The van der Waals surface area contributed by atoms with Crippen molar-refractivity contribution in [1.29, 1.82) is 0 Å². The van der Waals surface area contributed by atoms with E-state index in [9.17, 15) is 13.2 Å². The Kier molecular flexibility index (Phi) is 5.00. The lowest BCUT2D eigenvalue weighted by atomic mass is 9.87. The molecule has 1 amide bonds. The Hall–Kier alpha value is -0.590. The molecule has 2 rings (SSSR count). The monoisotopic (exact) mass is 349 g/mol. The topological polar surface area (TPSA) is 54.5 Å². The first kappa shape index (κ1) is 16.8. The number of piperidine rings is 1. The van der Waals surface area contributed by atoms with Gasteiger partial charge in [-0.25, -0.2) is 8.42 Å². The average molecular weight is 350 g/mol. The maximum atomic E-state index is 12.5. The van der Waals surface area contributed by atoms with E-state index < -0.39 is 9.05 Å². The Morgan fingerprint density at radius 1 is 1.38 bits per heavy atom. The SMILES string of the molecule is Cc1sc(C(=O)N2CCC(C(C)C)CC2)cc1S(=O)(=O)Cl. The molecule has 1 aliphatic rings. The van der Waals surface area contributed by atoms with Crippen molar-refractivity contribution < 1.29 is 13.2 Å². The van der Waals surface area contributed by atoms with Gasteiger partial charge in [-0.1, -0.05) is 13.8 Å². The van der Waals surface area contributed by atoms with Gasteiger partial charge in [-0.2, -0.15) is 0 Å². The van der Waals surface area contributed by atoms with Gasteiger partial charge in [0.2, 0.25) is 0 Å². The fourth-order valence-corrected chi connectivity index (χ4v) is 5.37. The Morgan fingerprint density at radius 2 is 1.95 bits per heavy atom. The summed E-state index contributed by atoms with van der Waals surface area (Å²) in [5.74, 6) is 1.22. The lowest BCUT2D eigenvalue weighted by molar-refractivity contribution is 0.0672. The largest absolute Gasteiger partial charge is 0.338 e. The number of carbonyl (C=O) groups is 1. The van der Waals surface area contributed by atoms with Gasteiger partial charge in [0.25, 0.3) is 15.0 Å². The number of hydrogen-bond acceptors (Lipinski definition) is 4. The smallest absolute Gasteiger partial charge is 0.263 e. The van der Waals surface area contributed by atoms with E-state index in [1.807, 2.05) is 4.90 Å². The van der Waals surface area contributed by atoms with Crippen molar-refractivity contribution in [3.05, 3.63) is 15.8 Å². The quantitative estimate of drug-likeness (QED) is 0.785. The minimum atomic E-state index is -3.79. The first-order valence-electron chi connectivity index (χ1n) is 7.04. The summed E-state index contributed by atoms with van der Waals surface area (Å²) >= 11 is 1.20. The van der Waals surface area contributed by atoms with Crippen molar-refractivity contribution in [1.82, 2.24) is 4.90 Å². The van der Waals surface area contributed by atoms with E-state index in [1.165, 1.54) is 17.4 Å². The van der Waals surface area contributed by atoms with Crippen LogP contribution in [0.4, 0.5) is 0 Å². The molecule has 0 spiro atoms. The Labute approximate surface area is 134 Å². The van der Waals surface area contributed by atoms with Crippen molar-refractivity contribution in [2.45, 2.75) is 38.5 Å². The van der Waals surface area contributed by atoms with Crippen LogP contribution in [0.3, 0.4) is 0 Å². The molecule has 1 aromatic rings. The number of hydrogen-bond donors (Lipinski definition) is 0. The van der Waals surface area contributed by atoms with E-state index in [1.54, 1.807) is 6.92 Å². The van der Waals surface area contributed by atoms with Gasteiger partial charge in [0, 0.05) is 28.6 Å². The highest BCUT2D eigenvalue weighted by molar-refractivity contribution is 8.13. The van der Waals surface area contributed by atoms with Crippen LogP contribution in [0.5, 0.6) is 0 Å². The van der Waals surface area contributed by atoms with Crippen LogP contribution in [0, 0.1) is 18.8 Å². The van der Waals surface area contributed by atoms with Gasteiger partial charge in [-0.15, -0.1) is 11.3 Å². The number of aryl methyl sites for hydroxylation is 1. The second-order valence-electron chi connectivity index (χ2n) is 5.84. The molecule has 4 nitrogen and oxygen atoms in total. The number of carbonyl (C=O) groups excluding carboxylic acids is 1. The van der Waals surface area contributed by atoms with Crippen LogP contribution in [-0.4, -0.2) is 32.3 Å². The van der Waals surface area contributed by atoms with Gasteiger partial charge >= 0.3 is 0 Å². The first-order valence-corrected chi connectivity index (χ1v) is 10.2. The predicted octanol–water partition coefficient (Wildman–Crippen LogP) is 3.49. The van der Waals surface area contributed by atoms with Crippen molar-refractivity contribution >= 4 is 37.0 Å². The summed E-state index contributed by atoms with van der Waals surface area (Å²) in [6, 6.07) is 1.40. The van der Waals surface area contributed by atoms with Crippen molar-refractivity contribution in [2.24, 2.45) is 11.8 Å². The molecule has 21 heavy (non-hydrogen) atoms. The molecule has 1 fully saturated rings. The molecule has 0 N–H and O–H groups in total. The van der Waals surface area contributed by atoms with E-state index in [4.69, 9.17) is 10.7 Å². The van der Waals surface area contributed by atoms with Crippen molar-refractivity contribution in [2.75, 3.05) is 13.1 Å². The van der Waals surface area contributed by atoms with E-state index in [0.29, 0.717) is 21.6 Å².